The molecule has 0 spiro atoms. The van der Waals surface area contributed by atoms with Crippen molar-refractivity contribution in [2.24, 2.45) is 0 Å². The number of carbonyl (C=O) groups excluding carboxylic acids is 2. The lowest BCUT2D eigenvalue weighted by molar-refractivity contribution is -0.407. The minimum Gasteiger partial charge on any atom is -0.543 e. The zero-order chi connectivity index (χ0) is 22.9. The molecule has 0 bridgehead atoms. The summed E-state index contributed by atoms with van der Waals surface area (Å²) < 4.78 is 43.6. The van der Waals surface area contributed by atoms with Crippen molar-refractivity contribution in [3.05, 3.63) is 65.4 Å². The van der Waals surface area contributed by atoms with Gasteiger partial charge in [-0.1, -0.05) is 18.2 Å². The Morgan fingerprint density at radius 1 is 1.10 bits per heavy atom. The molecule has 2 aromatic carbocycles. The summed E-state index contributed by atoms with van der Waals surface area (Å²) in [5.74, 6) is -2.00. The second kappa shape index (κ2) is 11.0. The van der Waals surface area contributed by atoms with Crippen molar-refractivity contribution in [1.29, 1.82) is 0 Å². The third kappa shape index (κ3) is 9.24. The van der Waals surface area contributed by atoms with Crippen molar-refractivity contribution < 1.29 is 38.3 Å². The molecule has 1 amide bonds. The van der Waals surface area contributed by atoms with Crippen molar-refractivity contribution >= 4 is 18.0 Å². The number of rotatable bonds is 5. The number of carboxylic acid groups (broad SMARTS) is 1. The van der Waals surface area contributed by atoms with Gasteiger partial charge in [-0.3, -0.25) is 4.79 Å². The second-order valence-electron chi connectivity index (χ2n) is 6.62. The number of aliphatic carboxylic acids is 1. The fraction of sp³-hybridized carbons (Fsp3) is 0.238. The number of amides is 1. The molecule has 4 N–H and O–H groups in total. The number of ether oxygens (including phenoxy) is 1. The molecule has 9 heteroatoms. The fourth-order valence-corrected chi connectivity index (χ4v) is 2.04. The van der Waals surface area contributed by atoms with E-state index in [9.17, 15) is 27.9 Å². The van der Waals surface area contributed by atoms with Crippen LogP contribution in [0.2, 0.25) is 0 Å². The summed E-state index contributed by atoms with van der Waals surface area (Å²) in [6.45, 7) is 5.25. The predicted octanol–water partition coefficient (Wildman–Crippen LogP) is 2.36. The Bertz CT molecular complexity index is 906. The first-order valence-corrected chi connectivity index (χ1v) is 8.87. The molecule has 0 aliphatic carbocycles. The monoisotopic (exact) mass is 424 g/mol. The SMILES string of the molecule is CC(=O)N/C(=C\c1cccc(Oc2cccc(C(F)(F)F)c2)c1)C(=O)[O-].CC(C)[NH3+]. The smallest absolute Gasteiger partial charge is 0.416 e. The van der Waals surface area contributed by atoms with Gasteiger partial charge in [-0.05, 0) is 55.8 Å². The number of halogens is 3. The topological polar surface area (TPSA) is 106 Å². The highest BCUT2D eigenvalue weighted by molar-refractivity contribution is 5.95. The molecule has 0 aromatic heterocycles. The van der Waals surface area contributed by atoms with E-state index in [4.69, 9.17) is 4.74 Å². The maximum Gasteiger partial charge on any atom is 0.416 e. The molecule has 162 valence electrons. The Morgan fingerprint density at radius 3 is 2.13 bits per heavy atom. The molecule has 0 fully saturated rings. The lowest BCUT2D eigenvalue weighted by Gasteiger charge is -2.11. The van der Waals surface area contributed by atoms with Crippen LogP contribution in [-0.2, 0) is 15.8 Å². The summed E-state index contributed by atoms with van der Waals surface area (Å²) >= 11 is 0. The Labute approximate surface area is 172 Å². The van der Waals surface area contributed by atoms with Crippen LogP contribution in [0.25, 0.3) is 6.08 Å². The van der Waals surface area contributed by atoms with Crippen molar-refractivity contribution in [1.82, 2.24) is 5.32 Å². The number of carbonyl (C=O) groups is 2. The van der Waals surface area contributed by atoms with E-state index in [1.807, 2.05) is 0 Å². The summed E-state index contributed by atoms with van der Waals surface area (Å²) in [6.07, 6.45) is -3.35. The number of hydrogen-bond donors (Lipinski definition) is 2. The van der Waals surface area contributed by atoms with E-state index in [1.54, 1.807) is 0 Å². The highest BCUT2D eigenvalue weighted by atomic mass is 19.4. The van der Waals surface area contributed by atoms with Gasteiger partial charge in [0, 0.05) is 6.92 Å². The first kappa shape index (κ1) is 24.7. The highest BCUT2D eigenvalue weighted by Crippen LogP contribution is 2.32. The van der Waals surface area contributed by atoms with Gasteiger partial charge in [0.25, 0.3) is 0 Å². The number of nitrogens with one attached hydrogen (secondary N) is 1. The molecule has 2 aromatic rings. The summed E-state index contributed by atoms with van der Waals surface area (Å²) in [5.41, 5.74) is 2.69. The lowest BCUT2D eigenvalue weighted by atomic mass is 10.1. The van der Waals surface area contributed by atoms with Crippen LogP contribution in [0.5, 0.6) is 11.5 Å². The molecule has 0 unspecified atom stereocenters. The van der Waals surface area contributed by atoms with Crippen molar-refractivity contribution in [3.8, 4) is 11.5 Å². The van der Waals surface area contributed by atoms with Gasteiger partial charge in [0.1, 0.15) is 11.5 Å². The molecule has 6 nitrogen and oxygen atoms in total. The third-order valence-corrected chi connectivity index (χ3v) is 3.10. The first-order valence-electron chi connectivity index (χ1n) is 8.87. The van der Waals surface area contributed by atoms with E-state index >= 15 is 0 Å². The van der Waals surface area contributed by atoms with Crippen molar-refractivity contribution in [2.75, 3.05) is 0 Å². The molecule has 0 saturated heterocycles. The average molecular weight is 424 g/mol. The molecule has 0 heterocycles. The van der Waals surface area contributed by atoms with Crippen LogP contribution < -0.4 is 20.9 Å². The average Bonchev–Trinajstić information content (AvgIpc) is 2.60. The maximum absolute atomic E-state index is 12.7. The summed E-state index contributed by atoms with van der Waals surface area (Å²) in [7, 11) is 0. The van der Waals surface area contributed by atoms with Crippen LogP contribution in [0, 0.1) is 0 Å². The number of hydrogen-bond acceptors (Lipinski definition) is 4. The first-order chi connectivity index (χ1) is 13.9. The maximum atomic E-state index is 12.7. The summed E-state index contributed by atoms with van der Waals surface area (Å²) in [6, 6.07) is 10.9. The normalized spacial score (nSPS) is 11.4. The molecule has 0 saturated carbocycles. The molecule has 0 atom stereocenters. The van der Waals surface area contributed by atoms with Crippen LogP contribution in [0.3, 0.4) is 0 Å². The highest BCUT2D eigenvalue weighted by Gasteiger charge is 2.30. The van der Waals surface area contributed by atoms with Gasteiger partial charge in [0.2, 0.25) is 5.91 Å². The van der Waals surface area contributed by atoms with E-state index in [0.717, 1.165) is 25.1 Å². The van der Waals surface area contributed by atoms with Gasteiger partial charge >= 0.3 is 6.18 Å². The Kier molecular flexibility index (Phi) is 9.07. The second-order valence-corrected chi connectivity index (χ2v) is 6.62. The molecular weight excluding hydrogens is 401 g/mol. The van der Waals surface area contributed by atoms with E-state index in [-0.39, 0.29) is 11.5 Å². The fourth-order valence-electron chi connectivity index (χ4n) is 2.04. The van der Waals surface area contributed by atoms with E-state index < -0.39 is 29.3 Å². The van der Waals surface area contributed by atoms with Crippen molar-refractivity contribution in [3.63, 3.8) is 0 Å². The van der Waals surface area contributed by atoms with Gasteiger partial charge in [-0.25, -0.2) is 0 Å². The van der Waals surface area contributed by atoms with Crippen LogP contribution in [0.1, 0.15) is 31.9 Å². The van der Waals surface area contributed by atoms with E-state index in [1.165, 1.54) is 36.4 Å². The summed E-state index contributed by atoms with van der Waals surface area (Å²) in [4.78, 5) is 22.0. The standard InChI is InChI=1S/C18H14F3NO4.C3H9N/c1-11(23)22-16(17(24)25)9-12-4-2-6-14(8-12)26-15-7-3-5-13(10-15)18(19,20)21;1-3(2)4/h2-10H,1H3,(H,22,23)(H,24,25);3H,4H2,1-2H3/b16-9-;. The van der Waals surface area contributed by atoms with Gasteiger partial charge in [-0.15, -0.1) is 0 Å². The van der Waals surface area contributed by atoms with Gasteiger partial charge in [0.15, 0.2) is 0 Å². The quantitative estimate of drug-likeness (QED) is 0.719. The Balaban J connectivity index is 0.00000103. The number of alkyl halides is 3. The number of carboxylic acids is 1. The van der Waals surface area contributed by atoms with Gasteiger partial charge in [0.05, 0.1) is 23.3 Å². The summed E-state index contributed by atoms with van der Waals surface area (Å²) in [5, 5.41) is 13.1. The molecule has 0 aliphatic rings. The third-order valence-electron chi connectivity index (χ3n) is 3.10. The Morgan fingerprint density at radius 2 is 1.63 bits per heavy atom. The zero-order valence-corrected chi connectivity index (χ0v) is 16.7. The molecule has 30 heavy (non-hydrogen) atoms. The Hall–Kier alpha value is -3.33. The van der Waals surface area contributed by atoms with Gasteiger partial charge < -0.3 is 25.7 Å². The minimum absolute atomic E-state index is 0.0251. The lowest BCUT2D eigenvalue weighted by Crippen LogP contribution is -2.57. The molecular formula is C21H23F3N2O4. The van der Waals surface area contributed by atoms with Crippen LogP contribution in [0.4, 0.5) is 13.2 Å². The molecule has 0 aliphatic heterocycles. The predicted molar refractivity (Wildman–Crippen MR) is 103 cm³/mol. The molecule has 0 radical (unpaired) electrons. The van der Waals surface area contributed by atoms with Crippen LogP contribution in [-0.4, -0.2) is 17.9 Å². The van der Waals surface area contributed by atoms with Crippen LogP contribution in [0.15, 0.2) is 54.2 Å². The van der Waals surface area contributed by atoms with Gasteiger partial charge in [-0.2, -0.15) is 13.2 Å². The largest absolute Gasteiger partial charge is 0.543 e. The zero-order valence-electron chi connectivity index (χ0n) is 16.7. The number of benzene rings is 2. The minimum atomic E-state index is -4.49. The van der Waals surface area contributed by atoms with E-state index in [0.29, 0.717) is 11.6 Å². The van der Waals surface area contributed by atoms with Crippen molar-refractivity contribution in [2.45, 2.75) is 33.0 Å². The van der Waals surface area contributed by atoms with Crippen LogP contribution >= 0.6 is 0 Å². The molecule has 2 rings (SSSR count). The number of quaternary nitrogens is 1. The van der Waals surface area contributed by atoms with E-state index in [2.05, 4.69) is 24.9 Å².